The molecule has 1 amide bonds. The lowest BCUT2D eigenvalue weighted by Gasteiger charge is -2.30. The van der Waals surface area contributed by atoms with Gasteiger partial charge in [-0.2, -0.15) is 4.37 Å². The summed E-state index contributed by atoms with van der Waals surface area (Å²) >= 11 is 4.41. The number of nitrogens with zero attached hydrogens (tertiary/aromatic N) is 3. The molecule has 0 bridgehead atoms. The van der Waals surface area contributed by atoms with E-state index in [-0.39, 0.29) is 23.2 Å². The predicted molar refractivity (Wildman–Crippen MR) is 160 cm³/mol. The zero-order valence-corrected chi connectivity index (χ0v) is 23.6. The van der Waals surface area contributed by atoms with Crippen LogP contribution in [0.15, 0.2) is 34.6 Å². The molecule has 4 aromatic heterocycles. The molecule has 6 rings (SSSR count). The van der Waals surface area contributed by atoms with Crippen LogP contribution in [0.25, 0.3) is 19.8 Å². The summed E-state index contributed by atoms with van der Waals surface area (Å²) in [4.78, 5) is 32.5. The van der Waals surface area contributed by atoms with Crippen molar-refractivity contribution in [1.29, 1.82) is 0 Å². The highest BCUT2D eigenvalue weighted by molar-refractivity contribution is 7.29. The number of morpholine rings is 1. The summed E-state index contributed by atoms with van der Waals surface area (Å²) in [7, 11) is 0. The Morgan fingerprint density at radius 1 is 1.13 bits per heavy atom. The molecule has 6 N–H and O–H groups in total. The van der Waals surface area contributed by atoms with Crippen molar-refractivity contribution in [3.8, 4) is 10.4 Å². The molecule has 10 nitrogen and oxygen atoms in total. The summed E-state index contributed by atoms with van der Waals surface area (Å²) in [5.41, 5.74) is 14.3. The number of anilines is 4. The van der Waals surface area contributed by atoms with E-state index in [1.807, 2.05) is 17.5 Å². The Bertz CT molecular complexity index is 1560. The molecule has 4 aromatic rings. The Hall–Kier alpha value is -3.10. The molecular formula is C26H29N7O3S3. The van der Waals surface area contributed by atoms with E-state index >= 15 is 0 Å². The highest BCUT2D eigenvalue weighted by Crippen LogP contribution is 2.41. The molecule has 2 aliphatic rings. The van der Waals surface area contributed by atoms with Gasteiger partial charge < -0.3 is 31.7 Å². The number of hydrogen-bond donors (Lipinski definition) is 4. The van der Waals surface area contributed by atoms with Gasteiger partial charge in [0.15, 0.2) is 11.1 Å². The summed E-state index contributed by atoms with van der Waals surface area (Å²) in [6.07, 6.45) is 5.86. The highest BCUT2D eigenvalue weighted by Gasteiger charge is 2.23. The van der Waals surface area contributed by atoms with E-state index in [1.165, 1.54) is 22.9 Å². The minimum atomic E-state index is -0.627. The van der Waals surface area contributed by atoms with E-state index in [1.54, 1.807) is 23.6 Å². The Kier molecular flexibility index (Phi) is 7.49. The maximum Gasteiger partial charge on any atom is 0.269 e. The Balaban J connectivity index is 1.28. The Morgan fingerprint density at radius 2 is 1.95 bits per heavy atom. The largest absolute Gasteiger partial charge is 0.379 e. The summed E-state index contributed by atoms with van der Waals surface area (Å²) in [6, 6.07) is 5.71. The number of fused-ring (bicyclic) bond motifs is 1. The smallest absolute Gasteiger partial charge is 0.269 e. The van der Waals surface area contributed by atoms with Crippen molar-refractivity contribution >= 4 is 71.7 Å². The normalized spacial score (nSPS) is 19.8. The van der Waals surface area contributed by atoms with Crippen LogP contribution in [0, 0.1) is 0 Å². The second-order valence-electron chi connectivity index (χ2n) is 9.74. The van der Waals surface area contributed by atoms with Gasteiger partial charge in [0.05, 0.1) is 50.1 Å². The molecule has 204 valence electrons. The van der Waals surface area contributed by atoms with Crippen LogP contribution >= 0.6 is 34.2 Å². The van der Waals surface area contributed by atoms with Crippen molar-refractivity contribution in [2.24, 2.45) is 11.5 Å². The van der Waals surface area contributed by atoms with E-state index < -0.39 is 5.91 Å². The summed E-state index contributed by atoms with van der Waals surface area (Å²) in [5, 5.41) is 9.67. The topological polar surface area (TPSA) is 148 Å². The van der Waals surface area contributed by atoms with Crippen molar-refractivity contribution in [2.75, 3.05) is 41.8 Å². The Labute approximate surface area is 237 Å². The second-order valence-corrected chi connectivity index (χ2v) is 12.5. The van der Waals surface area contributed by atoms with Gasteiger partial charge in [-0.1, -0.05) is 12.8 Å². The molecule has 1 aliphatic heterocycles. The number of carbonyl (C=O) groups is 1. The van der Waals surface area contributed by atoms with Crippen LogP contribution in [0.3, 0.4) is 0 Å². The number of pyridine rings is 1. The standard InChI is InChI=1S/C26H29N7O3S3/c27-16-3-1-2-4-17(16)30-14-9-18(23(26(28)35)29-12-14)31-21-11-20(39-32-21)15-13-37-25-19(34)10-22(38-24(15)25)33-5-7-36-8-6-33/h9-13,16-17,30H,1-8,27H2,(H2,28,35)(H,31,32)/t16-,17+/m1/s1. The van der Waals surface area contributed by atoms with Gasteiger partial charge in [-0.15, -0.1) is 22.7 Å². The molecule has 13 heteroatoms. The highest BCUT2D eigenvalue weighted by atomic mass is 32.1. The van der Waals surface area contributed by atoms with Crippen LogP contribution in [0.1, 0.15) is 36.2 Å². The summed E-state index contributed by atoms with van der Waals surface area (Å²) in [5.74, 6) is -0.0556. The Morgan fingerprint density at radius 3 is 2.74 bits per heavy atom. The fourth-order valence-electron chi connectivity index (χ4n) is 5.03. The molecule has 1 saturated heterocycles. The van der Waals surface area contributed by atoms with E-state index in [0.29, 0.717) is 24.7 Å². The molecule has 5 heterocycles. The number of ether oxygens (including phenoxy) is 1. The lowest BCUT2D eigenvalue weighted by atomic mass is 9.91. The van der Waals surface area contributed by atoms with Crippen LogP contribution in [0.2, 0.25) is 0 Å². The lowest BCUT2D eigenvalue weighted by molar-refractivity contribution is 0.0996. The van der Waals surface area contributed by atoms with Gasteiger partial charge >= 0.3 is 0 Å². The number of carbonyl (C=O) groups excluding carboxylic acids is 1. The minimum Gasteiger partial charge on any atom is -0.379 e. The number of nitrogens with one attached hydrogen (secondary N) is 2. The number of primary amides is 1. The number of hydrogen-bond acceptors (Lipinski definition) is 12. The average molecular weight is 584 g/mol. The number of aromatic nitrogens is 2. The number of amides is 1. The van der Waals surface area contributed by atoms with Gasteiger partial charge in [0.1, 0.15) is 5.82 Å². The van der Waals surface area contributed by atoms with Crippen LogP contribution < -0.4 is 32.4 Å². The van der Waals surface area contributed by atoms with Gasteiger partial charge in [0.25, 0.3) is 5.91 Å². The first kappa shape index (κ1) is 26.1. The van der Waals surface area contributed by atoms with Crippen molar-refractivity contribution in [3.63, 3.8) is 0 Å². The van der Waals surface area contributed by atoms with E-state index in [0.717, 1.165) is 69.3 Å². The van der Waals surface area contributed by atoms with Gasteiger partial charge in [-0.25, -0.2) is 4.98 Å². The van der Waals surface area contributed by atoms with E-state index in [9.17, 15) is 9.59 Å². The first-order chi connectivity index (χ1) is 19.0. The van der Waals surface area contributed by atoms with Gasteiger partial charge in [-0.05, 0) is 30.4 Å². The zero-order chi connectivity index (χ0) is 26.9. The minimum absolute atomic E-state index is 0.0310. The fraction of sp³-hybridized carbons (Fsp3) is 0.385. The van der Waals surface area contributed by atoms with Crippen LogP contribution in [-0.4, -0.2) is 53.7 Å². The first-order valence-electron chi connectivity index (χ1n) is 12.9. The van der Waals surface area contributed by atoms with Crippen LogP contribution in [0.5, 0.6) is 0 Å². The third-order valence-corrected chi connectivity index (χ3v) is 10.2. The third kappa shape index (κ3) is 5.50. The molecular weight excluding hydrogens is 555 g/mol. The van der Waals surface area contributed by atoms with Crippen molar-refractivity contribution in [2.45, 2.75) is 37.8 Å². The zero-order valence-electron chi connectivity index (χ0n) is 21.1. The van der Waals surface area contributed by atoms with Crippen LogP contribution in [0.4, 0.5) is 22.2 Å². The quantitative estimate of drug-likeness (QED) is 0.251. The second kappa shape index (κ2) is 11.2. The van der Waals surface area contributed by atoms with Gasteiger partial charge in [-0.3, -0.25) is 9.59 Å². The molecule has 39 heavy (non-hydrogen) atoms. The number of thiophene rings is 1. The monoisotopic (exact) mass is 583 g/mol. The van der Waals surface area contributed by atoms with Crippen molar-refractivity contribution in [3.05, 3.63) is 45.7 Å². The van der Waals surface area contributed by atoms with Crippen molar-refractivity contribution < 1.29 is 9.53 Å². The SMILES string of the molecule is NC(=O)c1ncc(N[C@H]2CCCC[C@H]2N)cc1Nc1cc(-c2csc3c(=O)cc(N4CCOCC4)sc23)sn1. The van der Waals surface area contributed by atoms with E-state index in [4.69, 9.17) is 16.2 Å². The molecule has 2 atom stereocenters. The van der Waals surface area contributed by atoms with Crippen LogP contribution in [-0.2, 0) is 4.74 Å². The summed E-state index contributed by atoms with van der Waals surface area (Å²) < 4.78 is 11.8. The van der Waals surface area contributed by atoms with E-state index in [2.05, 4.69) is 24.9 Å². The number of nitrogens with two attached hydrogens (primary N) is 2. The number of rotatable bonds is 7. The maximum atomic E-state index is 12.9. The van der Waals surface area contributed by atoms with Gasteiger partial charge in [0, 0.05) is 48.2 Å². The molecule has 0 spiro atoms. The summed E-state index contributed by atoms with van der Waals surface area (Å²) in [6.45, 7) is 2.86. The first-order valence-corrected chi connectivity index (χ1v) is 15.4. The molecule has 0 radical (unpaired) electrons. The maximum absolute atomic E-state index is 12.9. The van der Waals surface area contributed by atoms with Gasteiger partial charge in [0.2, 0.25) is 0 Å². The molecule has 2 fully saturated rings. The molecule has 0 aromatic carbocycles. The average Bonchev–Trinajstić information content (AvgIpc) is 3.58. The predicted octanol–water partition coefficient (Wildman–Crippen LogP) is 4.20. The molecule has 1 saturated carbocycles. The molecule has 1 aliphatic carbocycles. The third-order valence-electron chi connectivity index (χ3n) is 7.08. The molecule has 0 unspecified atom stereocenters. The lowest BCUT2D eigenvalue weighted by Crippen LogP contribution is -2.42. The van der Waals surface area contributed by atoms with Crippen molar-refractivity contribution in [1.82, 2.24) is 9.36 Å². The fourth-order valence-corrected chi connectivity index (χ4v) is 8.26.